The lowest BCUT2D eigenvalue weighted by Gasteiger charge is -2.36. The predicted octanol–water partition coefficient (Wildman–Crippen LogP) is 0.591. The number of aliphatic hydroxyl groups is 3. The molecule has 0 aromatic heterocycles. The standard InChI is InChI=1S/C18H12O8/c19-6-3-9-14(21)8-5-10-12(7-1-2-25-17(7)26-10)15(22)13(8)16(23)18(9,24)11(20)4-6/h1-7,17,19-20,22,24H/t6?,7-,17+,18?/m0/s1. The molecule has 0 amide bonds. The van der Waals surface area contributed by atoms with Crippen molar-refractivity contribution in [3.8, 4) is 11.5 Å². The van der Waals surface area contributed by atoms with Crippen LogP contribution in [0.2, 0.25) is 0 Å². The second-order valence-electron chi connectivity index (χ2n) is 6.53. The Hall–Kier alpha value is -3.10. The maximum absolute atomic E-state index is 13.0. The minimum atomic E-state index is -2.64. The molecule has 0 saturated carbocycles. The van der Waals surface area contributed by atoms with Crippen molar-refractivity contribution in [1.82, 2.24) is 0 Å². The van der Waals surface area contributed by atoms with Crippen LogP contribution in [0.1, 0.15) is 32.2 Å². The highest BCUT2D eigenvalue weighted by Gasteiger charge is 2.56. The molecule has 4 aliphatic rings. The molecular formula is C18H12O8. The Bertz CT molecular complexity index is 1000. The fourth-order valence-electron chi connectivity index (χ4n) is 3.89. The first kappa shape index (κ1) is 15.2. The molecule has 0 radical (unpaired) electrons. The number of aliphatic hydroxyl groups excluding tert-OH is 2. The molecule has 2 aliphatic carbocycles. The normalized spacial score (nSPS) is 33.4. The van der Waals surface area contributed by atoms with Crippen LogP contribution >= 0.6 is 0 Å². The van der Waals surface area contributed by atoms with Crippen LogP contribution in [-0.4, -0.2) is 50.0 Å². The highest BCUT2D eigenvalue weighted by molar-refractivity contribution is 6.29. The fourth-order valence-corrected chi connectivity index (χ4v) is 3.89. The monoisotopic (exact) mass is 356 g/mol. The molecule has 1 aromatic carbocycles. The third-order valence-corrected chi connectivity index (χ3v) is 5.14. The molecular weight excluding hydrogens is 344 g/mol. The molecule has 4 N–H and O–H groups in total. The zero-order chi connectivity index (χ0) is 18.4. The maximum Gasteiger partial charge on any atom is 0.250 e. The Balaban J connectivity index is 1.79. The molecule has 0 spiro atoms. The van der Waals surface area contributed by atoms with Gasteiger partial charge in [-0.1, -0.05) is 0 Å². The van der Waals surface area contributed by atoms with Gasteiger partial charge in [0.15, 0.2) is 5.78 Å². The number of ether oxygens (including phenoxy) is 2. The van der Waals surface area contributed by atoms with Crippen LogP contribution in [0.15, 0.2) is 41.9 Å². The van der Waals surface area contributed by atoms with Gasteiger partial charge in [-0.25, -0.2) is 0 Å². The summed E-state index contributed by atoms with van der Waals surface area (Å²) in [7, 11) is 0. The fraction of sp³-hybridized carbons (Fsp3) is 0.222. The summed E-state index contributed by atoms with van der Waals surface area (Å²) in [5.41, 5.74) is -3.40. The minimum absolute atomic E-state index is 0.173. The summed E-state index contributed by atoms with van der Waals surface area (Å²) in [6.07, 6.45) is 2.87. The first-order valence-corrected chi connectivity index (χ1v) is 7.86. The molecule has 1 aromatic rings. The van der Waals surface area contributed by atoms with Crippen LogP contribution in [0.4, 0.5) is 0 Å². The molecule has 26 heavy (non-hydrogen) atoms. The Morgan fingerprint density at radius 2 is 1.92 bits per heavy atom. The third kappa shape index (κ3) is 1.56. The number of hydrogen-bond acceptors (Lipinski definition) is 8. The zero-order valence-electron chi connectivity index (χ0n) is 13.0. The van der Waals surface area contributed by atoms with Crippen molar-refractivity contribution in [2.45, 2.75) is 23.9 Å². The van der Waals surface area contributed by atoms with E-state index in [0.29, 0.717) is 0 Å². The Labute approximate surface area is 145 Å². The number of benzene rings is 1. The van der Waals surface area contributed by atoms with Gasteiger partial charge >= 0.3 is 0 Å². The highest BCUT2D eigenvalue weighted by atomic mass is 16.7. The summed E-state index contributed by atoms with van der Waals surface area (Å²) in [4.78, 5) is 25.8. The van der Waals surface area contributed by atoms with Crippen molar-refractivity contribution >= 4 is 11.6 Å². The van der Waals surface area contributed by atoms with Gasteiger partial charge in [-0.15, -0.1) is 0 Å². The molecule has 2 aliphatic heterocycles. The van der Waals surface area contributed by atoms with Gasteiger partial charge in [0, 0.05) is 11.1 Å². The number of carbonyl (C=O) groups is 2. The summed E-state index contributed by atoms with van der Waals surface area (Å²) in [6.45, 7) is 0. The van der Waals surface area contributed by atoms with Crippen molar-refractivity contribution in [3.63, 3.8) is 0 Å². The number of carbonyl (C=O) groups excluding carboxylic acids is 2. The molecule has 4 atom stereocenters. The van der Waals surface area contributed by atoms with Gasteiger partial charge in [-0.3, -0.25) is 9.59 Å². The molecule has 8 nitrogen and oxygen atoms in total. The summed E-state index contributed by atoms with van der Waals surface area (Å²) < 4.78 is 10.8. The van der Waals surface area contributed by atoms with E-state index in [1.54, 1.807) is 6.08 Å². The zero-order valence-corrected chi connectivity index (χ0v) is 13.0. The summed E-state index contributed by atoms with van der Waals surface area (Å²) in [5.74, 6) is -3.46. The Morgan fingerprint density at radius 3 is 2.69 bits per heavy atom. The second kappa shape index (κ2) is 4.54. The van der Waals surface area contributed by atoms with E-state index >= 15 is 0 Å². The minimum Gasteiger partial charge on any atom is -0.509 e. The van der Waals surface area contributed by atoms with Crippen LogP contribution in [0.25, 0.3) is 0 Å². The van der Waals surface area contributed by atoms with E-state index in [-0.39, 0.29) is 16.9 Å². The van der Waals surface area contributed by atoms with Crippen molar-refractivity contribution in [2.75, 3.05) is 0 Å². The van der Waals surface area contributed by atoms with Crippen LogP contribution < -0.4 is 4.74 Å². The van der Waals surface area contributed by atoms with E-state index < -0.39 is 58.1 Å². The number of hydrogen-bond donors (Lipinski definition) is 4. The lowest BCUT2D eigenvalue weighted by atomic mass is 9.70. The van der Waals surface area contributed by atoms with Gasteiger partial charge in [0.25, 0.3) is 6.29 Å². The topological polar surface area (TPSA) is 134 Å². The van der Waals surface area contributed by atoms with Crippen LogP contribution in [0.5, 0.6) is 11.5 Å². The van der Waals surface area contributed by atoms with Gasteiger partial charge < -0.3 is 29.9 Å². The van der Waals surface area contributed by atoms with Crippen molar-refractivity contribution < 1.29 is 39.5 Å². The largest absolute Gasteiger partial charge is 0.509 e. The van der Waals surface area contributed by atoms with Crippen molar-refractivity contribution in [1.29, 1.82) is 0 Å². The quantitative estimate of drug-likeness (QED) is 0.531. The summed E-state index contributed by atoms with van der Waals surface area (Å²) in [6, 6.07) is 1.31. The molecule has 0 fully saturated rings. The van der Waals surface area contributed by atoms with E-state index in [4.69, 9.17) is 9.47 Å². The van der Waals surface area contributed by atoms with E-state index in [9.17, 15) is 30.0 Å². The molecule has 2 unspecified atom stereocenters. The predicted molar refractivity (Wildman–Crippen MR) is 83.9 cm³/mol. The first-order valence-electron chi connectivity index (χ1n) is 7.86. The van der Waals surface area contributed by atoms with Gasteiger partial charge in [-0.2, -0.15) is 0 Å². The molecule has 0 saturated heterocycles. The van der Waals surface area contributed by atoms with Crippen LogP contribution in [0.3, 0.4) is 0 Å². The van der Waals surface area contributed by atoms with E-state index in [1.165, 1.54) is 12.3 Å². The van der Waals surface area contributed by atoms with Gasteiger partial charge in [-0.05, 0) is 24.3 Å². The van der Waals surface area contributed by atoms with Gasteiger partial charge in [0.1, 0.15) is 17.3 Å². The van der Waals surface area contributed by atoms with E-state index in [2.05, 4.69) is 0 Å². The van der Waals surface area contributed by atoms with Gasteiger partial charge in [0.2, 0.25) is 11.4 Å². The van der Waals surface area contributed by atoms with Crippen molar-refractivity contribution in [3.05, 3.63) is 58.6 Å². The smallest absolute Gasteiger partial charge is 0.250 e. The Kier molecular flexibility index (Phi) is 2.65. The highest BCUT2D eigenvalue weighted by Crippen LogP contribution is 2.52. The molecule has 132 valence electrons. The van der Waals surface area contributed by atoms with Crippen LogP contribution in [-0.2, 0) is 4.74 Å². The molecule has 2 heterocycles. The van der Waals surface area contributed by atoms with Gasteiger partial charge in [0.05, 0.1) is 29.4 Å². The number of fused-ring (bicyclic) bond motifs is 5. The second-order valence-corrected chi connectivity index (χ2v) is 6.53. The summed E-state index contributed by atoms with van der Waals surface area (Å²) >= 11 is 0. The first-order chi connectivity index (χ1) is 12.3. The van der Waals surface area contributed by atoms with Crippen molar-refractivity contribution in [2.24, 2.45) is 0 Å². The van der Waals surface area contributed by atoms with Crippen LogP contribution in [0, 0.1) is 0 Å². The molecule has 0 bridgehead atoms. The average Bonchev–Trinajstić information content (AvgIpc) is 3.16. The number of phenolic OH excluding ortho intramolecular Hbond substituents is 1. The van der Waals surface area contributed by atoms with E-state index in [0.717, 1.165) is 12.2 Å². The number of rotatable bonds is 0. The average molecular weight is 356 g/mol. The lowest BCUT2D eigenvalue weighted by molar-refractivity contribution is -0.00488. The third-order valence-electron chi connectivity index (χ3n) is 5.14. The maximum atomic E-state index is 13.0. The molecule has 8 heteroatoms. The SMILES string of the molecule is O=C1C2=CC(O)C=C(O)C2(O)C(=O)c2c1cc1c(c2O)[C@@H]2C=CO[C@@H]2O1. The number of phenols is 1. The molecule has 5 rings (SSSR count). The van der Waals surface area contributed by atoms with E-state index in [1.807, 2.05) is 0 Å². The Morgan fingerprint density at radius 1 is 1.15 bits per heavy atom. The number of ketones is 2. The number of aromatic hydroxyl groups is 1. The number of Topliss-reactive ketones (excluding diaryl/α,β-unsaturated/α-hetero) is 2. The lowest BCUT2D eigenvalue weighted by Crippen LogP contribution is -2.51. The summed E-state index contributed by atoms with van der Waals surface area (Å²) in [5, 5.41) is 41.3.